The predicted molar refractivity (Wildman–Crippen MR) is 44.5 cm³/mol. The Morgan fingerprint density at radius 1 is 1.78 bits per heavy atom. The Morgan fingerprint density at radius 2 is 2.33 bits per heavy atom. The summed E-state index contributed by atoms with van der Waals surface area (Å²) in [7, 11) is -0.124. The largest absolute Gasteiger partial charge is 0.327 e. The van der Waals surface area contributed by atoms with E-state index in [1.54, 1.807) is 5.70 Å². The second kappa shape index (κ2) is 4.06. The molecule has 4 heteroatoms. The molecular formula is C5H13ClN2Si. The molecule has 2 nitrogen and oxygen atoms in total. The number of rotatable bonds is 4. The Labute approximate surface area is 62.2 Å². The van der Waals surface area contributed by atoms with Gasteiger partial charge in [-0.1, -0.05) is 12.6 Å². The van der Waals surface area contributed by atoms with Gasteiger partial charge < -0.3 is 9.96 Å². The average Bonchev–Trinajstić information content (AvgIpc) is 1.89. The second-order valence-corrected chi connectivity index (χ2v) is 6.17. The van der Waals surface area contributed by atoms with E-state index in [-0.39, 0.29) is 0 Å². The van der Waals surface area contributed by atoms with Gasteiger partial charge in [-0.05, 0) is 13.6 Å². The molecule has 0 rings (SSSR count). The summed E-state index contributed by atoms with van der Waals surface area (Å²) in [5.74, 6) is 0. The van der Waals surface area contributed by atoms with Gasteiger partial charge in [0, 0.05) is 0 Å². The lowest BCUT2D eigenvalue weighted by Crippen LogP contribution is -2.55. The lowest BCUT2D eigenvalue weighted by Gasteiger charge is -2.18. The van der Waals surface area contributed by atoms with Gasteiger partial charge in [-0.3, -0.25) is 0 Å². The van der Waals surface area contributed by atoms with Crippen LogP contribution in [-0.4, -0.2) is 21.3 Å². The van der Waals surface area contributed by atoms with Crippen molar-refractivity contribution in [2.24, 2.45) is 0 Å². The number of nitrogens with one attached hydrogen (secondary N) is 2. The van der Waals surface area contributed by atoms with Crippen molar-refractivity contribution < 1.29 is 0 Å². The fourth-order valence-corrected chi connectivity index (χ4v) is 1.96. The monoisotopic (exact) mass is 164 g/mol. The lowest BCUT2D eigenvalue weighted by atomic mass is 10.8. The van der Waals surface area contributed by atoms with Gasteiger partial charge in [0.1, 0.15) is 0 Å². The van der Waals surface area contributed by atoms with Crippen LogP contribution in [0.3, 0.4) is 0 Å². The van der Waals surface area contributed by atoms with Gasteiger partial charge in [0.25, 0.3) is 0 Å². The molecule has 0 bridgehead atoms. The van der Waals surface area contributed by atoms with Crippen molar-refractivity contribution in [1.29, 1.82) is 0 Å². The number of halogens is 1. The first-order valence-corrected chi connectivity index (χ1v) is 6.04. The molecule has 0 aliphatic rings. The molecule has 0 aromatic heterocycles. The first-order chi connectivity index (χ1) is 4.18. The molecule has 0 heterocycles. The van der Waals surface area contributed by atoms with Gasteiger partial charge in [-0.25, -0.2) is 0 Å². The molecule has 0 saturated carbocycles. The SMILES string of the molecule is C=C[Si](Cl)(NC)NCC. The van der Waals surface area contributed by atoms with Crippen molar-refractivity contribution in [3.8, 4) is 0 Å². The van der Waals surface area contributed by atoms with Crippen molar-refractivity contribution in [2.45, 2.75) is 6.92 Å². The maximum absolute atomic E-state index is 6.01. The Kier molecular flexibility index (Phi) is 4.13. The third-order valence-electron chi connectivity index (χ3n) is 1.08. The number of hydrogen-bond acceptors (Lipinski definition) is 2. The summed E-state index contributed by atoms with van der Waals surface area (Å²) >= 11 is 6.01. The Bertz CT molecular complexity index is 99.0. The van der Waals surface area contributed by atoms with Gasteiger partial charge >= 0.3 is 7.71 Å². The van der Waals surface area contributed by atoms with Crippen LogP contribution in [0.15, 0.2) is 12.3 Å². The van der Waals surface area contributed by atoms with Crippen LogP contribution in [0.4, 0.5) is 0 Å². The van der Waals surface area contributed by atoms with E-state index in [0.29, 0.717) is 0 Å². The number of hydrogen-bond donors (Lipinski definition) is 2. The maximum Gasteiger partial charge on any atom is 0.327 e. The van der Waals surface area contributed by atoms with Gasteiger partial charge in [0.05, 0.1) is 0 Å². The average molecular weight is 165 g/mol. The Morgan fingerprint density at radius 3 is 2.44 bits per heavy atom. The van der Waals surface area contributed by atoms with Crippen LogP contribution in [-0.2, 0) is 0 Å². The molecular weight excluding hydrogens is 152 g/mol. The van der Waals surface area contributed by atoms with E-state index in [1.807, 2.05) is 14.0 Å². The van der Waals surface area contributed by atoms with Crippen LogP contribution < -0.4 is 9.96 Å². The smallest absolute Gasteiger partial charge is 0.313 e. The van der Waals surface area contributed by atoms with E-state index in [1.165, 1.54) is 0 Å². The molecule has 0 fully saturated rings. The summed E-state index contributed by atoms with van der Waals surface area (Å²) < 4.78 is 0. The van der Waals surface area contributed by atoms with Crippen LogP contribution in [0.2, 0.25) is 0 Å². The van der Waals surface area contributed by atoms with Crippen LogP contribution in [0.1, 0.15) is 6.92 Å². The molecule has 1 atom stereocenters. The summed E-state index contributed by atoms with van der Waals surface area (Å²) in [5, 5.41) is 0. The quantitative estimate of drug-likeness (QED) is 0.473. The van der Waals surface area contributed by atoms with Gasteiger partial charge in [-0.2, -0.15) is 0 Å². The highest BCUT2D eigenvalue weighted by atomic mass is 35.6. The third-order valence-corrected chi connectivity index (χ3v) is 4.67. The summed E-state index contributed by atoms with van der Waals surface area (Å²) in [5.41, 5.74) is 1.76. The molecule has 2 N–H and O–H groups in total. The normalized spacial score (nSPS) is 16.8. The standard InChI is InChI=1S/C5H13ClN2Si/c1-4-8-9(6,5-2)7-3/h5,7-8H,2,4H2,1,3H3. The molecule has 9 heavy (non-hydrogen) atoms. The van der Waals surface area contributed by atoms with E-state index in [9.17, 15) is 0 Å². The van der Waals surface area contributed by atoms with Gasteiger partial charge in [0.2, 0.25) is 0 Å². The highest BCUT2D eigenvalue weighted by Crippen LogP contribution is 1.98. The fourth-order valence-electron chi connectivity index (χ4n) is 0.520. The fraction of sp³-hybridized carbons (Fsp3) is 0.600. The highest BCUT2D eigenvalue weighted by Gasteiger charge is 2.23. The minimum Gasteiger partial charge on any atom is -0.313 e. The summed E-state index contributed by atoms with van der Waals surface area (Å²) in [6, 6.07) is 0. The molecule has 0 aromatic carbocycles. The zero-order chi connectivity index (χ0) is 7.33. The maximum atomic E-state index is 6.01. The van der Waals surface area contributed by atoms with Crippen molar-refractivity contribution in [3.05, 3.63) is 12.3 Å². The summed E-state index contributed by atoms with van der Waals surface area (Å²) in [6.45, 7) is 6.52. The van der Waals surface area contributed by atoms with Crippen LogP contribution in [0.5, 0.6) is 0 Å². The minimum atomic E-state index is -1.96. The zero-order valence-electron chi connectivity index (χ0n) is 5.87. The topological polar surface area (TPSA) is 24.1 Å². The molecule has 1 unspecified atom stereocenters. The zero-order valence-corrected chi connectivity index (χ0v) is 7.63. The molecule has 0 aliphatic carbocycles. The first-order valence-electron chi connectivity index (χ1n) is 2.95. The summed E-state index contributed by atoms with van der Waals surface area (Å²) in [6.07, 6.45) is 0. The van der Waals surface area contributed by atoms with Crippen LogP contribution in [0, 0.1) is 0 Å². The highest BCUT2D eigenvalue weighted by molar-refractivity contribution is 7.20. The van der Waals surface area contributed by atoms with Crippen LogP contribution >= 0.6 is 11.1 Å². The van der Waals surface area contributed by atoms with Crippen molar-refractivity contribution in [1.82, 2.24) is 9.96 Å². The van der Waals surface area contributed by atoms with Crippen molar-refractivity contribution in [2.75, 3.05) is 13.6 Å². The van der Waals surface area contributed by atoms with Crippen molar-refractivity contribution >= 4 is 18.8 Å². The Balaban J connectivity index is 3.76. The molecule has 0 amide bonds. The Hall–Kier alpha value is 0.167. The van der Waals surface area contributed by atoms with E-state index >= 15 is 0 Å². The molecule has 0 aromatic rings. The molecule has 0 spiro atoms. The van der Waals surface area contributed by atoms with E-state index in [0.717, 1.165) is 6.54 Å². The third kappa shape index (κ3) is 3.00. The van der Waals surface area contributed by atoms with Crippen LogP contribution in [0.25, 0.3) is 0 Å². The lowest BCUT2D eigenvalue weighted by molar-refractivity contribution is 0.946. The molecule has 0 aliphatic heterocycles. The van der Waals surface area contributed by atoms with Gasteiger partial charge in [-0.15, -0.1) is 17.7 Å². The predicted octanol–water partition coefficient (Wildman–Crippen LogP) is 0.718. The first kappa shape index (κ1) is 9.17. The minimum absolute atomic E-state index is 0.878. The molecule has 54 valence electrons. The van der Waals surface area contributed by atoms with E-state index < -0.39 is 7.71 Å². The molecule has 0 radical (unpaired) electrons. The van der Waals surface area contributed by atoms with Crippen molar-refractivity contribution in [3.63, 3.8) is 0 Å². The van der Waals surface area contributed by atoms with Gasteiger partial charge in [0.15, 0.2) is 0 Å². The van der Waals surface area contributed by atoms with E-state index in [2.05, 4.69) is 16.5 Å². The molecule has 0 saturated heterocycles. The summed E-state index contributed by atoms with van der Waals surface area (Å²) in [4.78, 5) is 6.14. The second-order valence-electron chi connectivity index (χ2n) is 1.70. The van der Waals surface area contributed by atoms with E-state index in [4.69, 9.17) is 11.1 Å².